The van der Waals surface area contributed by atoms with Crippen LogP contribution in [0.1, 0.15) is 17.2 Å². The van der Waals surface area contributed by atoms with Gasteiger partial charge in [0.05, 0.1) is 12.6 Å². The van der Waals surface area contributed by atoms with Gasteiger partial charge in [0, 0.05) is 13.1 Å². The highest BCUT2D eigenvalue weighted by Gasteiger charge is 2.26. The van der Waals surface area contributed by atoms with Crippen molar-refractivity contribution in [1.29, 1.82) is 0 Å². The number of rotatable bonds is 5. The second-order valence-electron chi connectivity index (χ2n) is 5.55. The summed E-state index contributed by atoms with van der Waals surface area (Å²) < 4.78 is 13.2. The molecule has 24 heavy (non-hydrogen) atoms. The van der Waals surface area contributed by atoms with E-state index in [0.717, 1.165) is 11.1 Å². The molecule has 124 valence electrons. The number of imide groups is 1. The molecule has 0 aromatic heterocycles. The van der Waals surface area contributed by atoms with E-state index in [1.807, 2.05) is 30.3 Å². The molecule has 2 N–H and O–H groups in total. The Kier molecular flexibility index (Phi) is 4.86. The zero-order valence-electron chi connectivity index (χ0n) is 13.0. The maximum Gasteiger partial charge on any atom is 0.324 e. The van der Waals surface area contributed by atoms with E-state index in [1.54, 1.807) is 12.1 Å². The summed E-state index contributed by atoms with van der Waals surface area (Å²) >= 11 is 0. The highest BCUT2D eigenvalue weighted by atomic mass is 19.1. The number of hydrogen-bond acceptors (Lipinski definition) is 3. The number of nitrogens with zero attached hydrogens (tertiary/aromatic N) is 1. The number of benzene rings is 2. The van der Waals surface area contributed by atoms with Crippen molar-refractivity contribution in [1.82, 2.24) is 15.5 Å². The van der Waals surface area contributed by atoms with Crippen LogP contribution in [0.5, 0.6) is 0 Å². The molecule has 1 saturated heterocycles. The van der Waals surface area contributed by atoms with Crippen molar-refractivity contribution in [3.05, 3.63) is 71.5 Å². The van der Waals surface area contributed by atoms with E-state index in [2.05, 4.69) is 10.6 Å². The van der Waals surface area contributed by atoms with Gasteiger partial charge in [0.2, 0.25) is 5.91 Å². The Morgan fingerprint density at radius 3 is 2.42 bits per heavy atom. The monoisotopic (exact) mass is 327 g/mol. The fourth-order valence-corrected chi connectivity index (χ4v) is 2.72. The van der Waals surface area contributed by atoms with Gasteiger partial charge in [-0.1, -0.05) is 42.5 Å². The van der Waals surface area contributed by atoms with Crippen LogP contribution in [0.15, 0.2) is 54.6 Å². The zero-order chi connectivity index (χ0) is 16.9. The van der Waals surface area contributed by atoms with Crippen LogP contribution in [0.2, 0.25) is 0 Å². The Morgan fingerprint density at radius 2 is 1.79 bits per heavy atom. The Labute approximate surface area is 139 Å². The highest BCUT2D eigenvalue weighted by molar-refractivity contribution is 5.96. The Balaban J connectivity index is 1.76. The largest absolute Gasteiger partial charge is 0.336 e. The fraction of sp³-hybridized carbons (Fsp3) is 0.222. The van der Waals surface area contributed by atoms with Crippen LogP contribution < -0.4 is 10.6 Å². The van der Waals surface area contributed by atoms with Gasteiger partial charge in [-0.3, -0.25) is 15.0 Å². The summed E-state index contributed by atoms with van der Waals surface area (Å²) in [4.78, 5) is 25.0. The molecule has 0 saturated carbocycles. The Morgan fingerprint density at radius 1 is 1.12 bits per heavy atom. The normalized spacial score (nSPS) is 15.2. The second-order valence-corrected chi connectivity index (χ2v) is 5.55. The molecule has 2 aromatic rings. The van der Waals surface area contributed by atoms with Gasteiger partial charge in [-0.15, -0.1) is 0 Å². The zero-order valence-corrected chi connectivity index (χ0v) is 13.0. The molecule has 0 radical (unpaired) electrons. The Bertz CT molecular complexity index is 719. The maximum atomic E-state index is 13.2. The Hall–Kier alpha value is -2.73. The van der Waals surface area contributed by atoms with E-state index < -0.39 is 0 Å². The lowest BCUT2D eigenvalue weighted by molar-refractivity contribution is -0.126. The molecule has 6 heteroatoms. The summed E-state index contributed by atoms with van der Waals surface area (Å²) in [7, 11) is 0. The topological polar surface area (TPSA) is 61.4 Å². The third-order valence-electron chi connectivity index (χ3n) is 3.95. The van der Waals surface area contributed by atoms with Gasteiger partial charge in [0.15, 0.2) is 0 Å². The fourth-order valence-electron chi connectivity index (χ4n) is 2.72. The van der Waals surface area contributed by atoms with Crippen LogP contribution in [0.4, 0.5) is 9.18 Å². The van der Waals surface area contributed by atoms with E-state index >= 15 is 0 Å². The van der Waals surface area contributed by atoms with Crippen LogP contribution in [-0.4, -0.2) is 36.5 Å². The van der Waals surface area contributed by atoms with Crippen molar-refractivity contribution >= 4 is 11.9 Å². The molecule has 0 bridgehead atoms. The SMILES string of the molecule is O=C(CNC(c1ccccc1)c1ccc(F)cc1)N1CCNC1=O. The van der Waals surface area contributed by atoms with E-state index in [1.165, 1.54) is 17.0 Å². The molecular weight excluding hydrogens is 309 g/mol. The van der Waals surface area contributed by atoms with Crippen molar-refractivity contribution in [3.63, 3.8) is 0 Å². The average Bonchev–Trinajstić information content (AvgIpc) is 3.03. The van der Waals surface area contributed by atoms with E-state index in [0.29, 0.717) is 13.1 Å². The standard InChI is InChI=1S/C18H18FN3O2/c19-15-8-6-14(7-9-15)17(13-4-2-1-3-5-13)21-12-16(23)22-11-10-20-18(22)24/h1-9,17,21H,10-12H2,(H,20,24). The third kappa shape index (κ3) is 3.60. The molecule has 3 rings (SSSR count). The van der Waals surface area contributed by atoms with Gasteiger partial charge < -0.3 is 5.32 Å². The number of carbonyl (C=O) groups is 2. The molecule has 0 spiro atoms. The molecule has 0 aliphatic carbocycles. The van der Waals surface area contributed by atoms with Crippen LogP contribution in [0, 0.1) is 5.82 Å². The number of urea groups is 1. The molecule has 3 amide bonds. The first-order valence-electron chi connectivity index (χ1n) is 7.77. The predicted molar refractivity (Wildman–Crippen MR) is 87.8 cm³/mol. The molecular formula is C18H18FN3O2. The molecule has 2 aromatic carbocycles. The molecule has 1 atom stereocenters. The van der Waals surface area contributed by atoms with Gasteiger partial charge in [0.1, 0.15) is 5.82 Å². The number of halogens is 1. The molecule has 5 nitrogen and oxygen atoms in total. The molecule has 1 unspecified atom stereocenters. The predicted octanol–water partition coefficient (Wildman–Crippen LogP) is 2.06. The number of hydrogen-bond donors (Lipinski definition) is 2. The molecule has 1 heterocycles. The van der Waals surface area contributed by atoms with Gasteiger partial charge in [-0.05, 0) is 23.3 Å². The van der Waals surface area contributed by atoms with Crippen molar-refractivity contribution in [2.24, 2.45) is 0 Å². The summed E-state index contributed by atoms with van der Waals surface area (Å²) in [6.45, 7) is 0.876. The molecule has 1 aliphatic heterocycles. The molecule has 1 aliphatic rings. The van der Waals surface area contributed by atoms with Crippen molar-refractivity contribution < 1.29 is 14.0 Å². The quantitative estimate of drug-likeness (QED) is 0.884. The lowest BCUT2D eigenvalue weighted by atomic mass is 9.98. The van der Waals surface area contributed by atoms with Gasteiger partial charge in [0.25, 0.3) is 0 Å². The first-order chi connectivity index (χ1) is 11.6. The number of carbonyl (C=O) groups excluding carboxylic acids is 2. The van der Waals surface area contributed by atoms with Crippen molar-refractivity contribution in [2.45, 2.75) is 6.04 Å². The van der Waals surface area contributed by atoms with Gasteiger partial charge in [-0.25, -0.2) is 9.18 Å². The lowest BCUT2D eigenvalue weighted by Gasteiger charge is -2.21. The summed E-state index contributed by atoms with van der Waals surface area (Å²) in [6, 6.07) is 15.1. The van der Waals surface area contributed by atoms with Crippen molar-refractivity contribution in [2.75, 3.05) is 19.6 Å². The first-order valence-corrected chi connectivity index (χ1v) is 7.77. The first kappa shape index (κ1) is 16.1. The number of amides is 3. The minimum atomic E-state index is -0.361. The minimum Gasteiger partial charge on any atom is -0.336 e. The third-order valence-corrected chi connectivity index (χ3v) is 3.95. The number of nitrogens with one attached hydrogen (secondary N) is 2. The summed E-state index contributed by atoms with van der Waals surface area (Å²) in [5.41, 5.74) is 1.81. The van der Waals surface area contributed by atoms with Gasteiger partial charge in [-0.2, -0.15) is 0 Å². The summed E-state index contributed by atoms with van der Waals surface area (Å²) in [6.07, 6.45) is 0. The van der Waals surface area contributed by atoms with E-state index in [4.69, 9.17) is 0 Å². The van der Waals surface area contributed by atoms with Crippen molar-refractivity contribution in [3.8, 4) is 0 Å². The smallest absolute Gasteiger partial charge is 0.324 e. The summed E-state index contributed by atoms with van der Waals surface area (Å²) in [5, 5.41) is 5.78. The van der Waals surface area contributed by atoms with Crippen LogP contribution in [-0.2, 0) is 4.79 Å². The minimum absolute atomic E-state index is 0.0182. The van der Waals surface area contributed by atoms with Crippen LogP contribution in [0.3, 0.4) is 0 Å². The average molecular weight is 327 g/mol. The maximum absolute atomic E-state index is 13.2. The summed E-state index contributed by atoms with van der Waals surface area (Å²) in [5.74, 6) is -0.594. The van der Waals surface area contributed by atoms with E-state index in [-0.39, 0.29) is 30.3 Å². The van der Waals surface area contributed by atoms with Gasteiger partial charge >= 0.3 is 6.03 Å². The van der Waals surface area contributed by atoms with Crippen LogP contribution >= 0.6 is 0 Å². The van der Waals surface area contributed by atoms with Crippen LogP contribution in [0.25, 0.3) is 0 Å². The second kappa shape index (κ2) is 7.23. The van der Waals surface area contributed by atoms with E-state index in [9.17, 15) is 14.0 Å². The highest BCUT2D eigenvalue weighted by Crippen LogP contribution is 2.22. The molecule has 1 fully saturated rings. The lowest BCUT2D eigenvalue weighted by Crippen LogP contribution is -2.41.